The monoisotopic (exact) mass is 290 g/mol. The van der Waals surface area contributed by atoms with Gasteiger partial charge in [0.2, 0.25) is 5.91 Å². The molecule has 0 spiro atoms. The van der Waals surface area contributed by atoms with Gasteiger partial charge in [-0.15, -0.1) is 0 Å². The number of benzene rings is 1. The van der Waals surface area contributed by atoms with Crippen LogP contribution in [0.4, 0.5) is 5.69 Å². The molecule has 2 unspecified atom stereocenters. The molecule has 1 aliphatic carbocycles. The second-order valence-corrected chi connectivity index (χ2v) is 6.56. The molecule has 1 fully saturated rings. The van der Waals surface area contributed by atoms with Crippen LogP contribution in [0.15, 0.2) is 18.2 Å². The normalized spacial score (nSPS) is 27.0. The Morgan fingerprint density at radius 1 is 1.38 bits per heavy atom. The standard InChI is InChI=1S/C17H26N2O2/c1-6-21-13-10-17(18,16(13,4)5)15(20)19-14-11(2)8-7-9-12(14)3/h7-9,13H,6,10,18H2,1-5H3,(H,19,20). The van der Waals surface area contributed by atoms with Crippen molar-refractivity contribution in [2.75, 3.05) is 11.9 Å². The van der Waals surface area contributed by atoms with Crippen molar-refractivity contribution in [3.8, 4) is 0 Å². The van der Waals surface area contributed by atoms with E-state index in [0.29, 0.717) is 13.0 Å². The van der Waals surface area contributed by atoms with E-state index in [1.54, 1.807) is 0 Å². The Bertz CT molecular complexity index is 533. The molecule has 2 atom stereocenters. The van der Waals surface area contributed by atoms with Gasteiger partial charge in [-0.1, -0.05) is 32.0 Å². The van der Waals surface area contributed by atoms with Crippen LogP contribution in [0.1, 0.15) is 38.3 Å². The van der Waals surface area contributed by atoms with Crippen molar-refractivity contribution in [3.63, 3.8) is 0 Å². The van der Waals surface area contributed by atoms with Crippen LogP contribution in [0.3, 0.4) is 0 Å². The third-order valence-corrected chi connectivity index (χ3v) is 4.95. The van der Waals surface area contributed by atoms with Crippen LogP contribution in [0.2, 0.25) is 0 Å². The van der Waals surface area contributed by atoms with Gasteiger partial charge < -0.3 is 15.8 Å². The minimum Gasteiger partial charge on any atom is -0.378 e. The number of nitrogens with two attached hydrogens (primary N) is 1. The summed E-state index contributed by atoms with van der Waals surface area (Å²) in [4.78, 5) is 12.7. The minimum absolute atomic E-state index is 0.0382. The molecule has 21 heavy (non-hydrogen) atoms. The SMILES string of the molecule is CCOC1CC(N)(C(=O)Nc2c(C)cccc2C)C1(C)C. The molecule has 0 aromatic heterocycles. The smallest absolute Gasteiger partial charge is 0.245 e. The third-order valence-electron chi connectivity index (χ3n) is 4.95. The van der Waals surface area contributed by atoms with E-state index >= 15 is 0 Å². The van der Waals surface area contributed by atoms with Gasteiger partial charge in [-0.3, -0.25) is 4.79 Å². The van der Waals surface area contributed by atoms with E-state index in [4.69, 9.17) is 10.5 Å². The number of aryl methyl sites for hydroxylation is 2. The Labute approximate surface area is 127 Å². The molecule has 1 aromatic carbocycles. The highest BCUT2D eigenvalue weighted by molar-refractivity contribution is 6.00. The van der Waals surface area contributed by atoms with Crippen molar-refractivity contribution in [2.45, 2.75) is 52.7 Å². The summed E-state index contributed by atoms with van der Waals surface area (Å²) in [6, 6.07) is 5.96. The average molecular weight is 290 g/mol. The molecular formula is C17H26N2O2. The highest BCUT2D eigenvalue weighted by Crippen LogP contribution is 2.50. The Morgan fingerprint density at radius 3 is 2.43 bits per heavy atom. The zero-order chi connectivity index (χ0) is 15.8. The van der Waals surface area contributed by atoms with Gasteiger partial charge >= 0.3 is 0 Å². The van der Waals surface area contributed by atoms with Gasteiger partial charge in [0.1, 0.15) is 5.54 Å². The van der Waals surface area contributed by atoms with Crippen molar-refractivity contribution in [2.24, 2.45) is 11.1 Å². The molecule has 4 nitrogen and oxygen atoms in total. The number of hydrogen-bond acceptors (Lipinski definition) is 3. The largest absolute Gasteiger partial charge is 0.378 e. The van der Waals surface area contributed by atoms with Crippen LogP contribution in [-0.2, 0) is 9.53 Å². The van der Waals surface area contributed by atoms with E-state index in [0.717, 1.165) is 16.8 Å². The van der Waals surface area contributed by atoms with Crippen LogP contribution in [0, 0.1) is 19.3 Å². The van der Waals surface area contributed by atoms with Gasteiger partial charge in [-0.05, 0) is 31.9 Å². The van der Waals surface area contributed by atoms with Crippen molar-refractivity contribution >= 4 is 11.6 Å². The van der Waals surface area contributed by atoms with Crippen LogP contribution in [-0.4, -0.2) is 24.2 Å². The predicted molar refractivity (Wildman–Crippen MR) is 85.3 cm³/mol. The highest BCUT2D eigenvalue weighted by atomic mass is 16.5. The lowest BCUT2D eigenvalue weighted by molar-refractivity contribution is -0.166. The molecule has 0 saturated heterocycles. The van der Waals surface area contributed by atoms with E-state index in [-0.39, 0.29) is 17.4 Å². The molecular weight excluding hydrogens is 264 g/mol. The molecule has 1 saturated carbocycles. The summed E-state index contributed by atoms with van der Waals surface area (Å²) < 4.78 is 5.68. The van der Waals surface area contributed by atoms with E-state index < -0.39 is 5.54 Å². The molecule has 1 aromatic rings. The zero-order valence-electron chi connectivity index (χ0n) is 13.6. The summed E-state index contributed by atoms with van der Waals surface area (Å²) in [5, 5.41) is 3.02. The van der Waals surface area contributed by atoms with Crippen LogP contribution < -0.4 is 11.1 Å². The van der Waals surface area contributed by atoms with Crippen molar-refractivity contribution < 1.29 is 9.53 Å². The number of para-hydroxylation sites is 1. The number of ether oxygens (including phenoxy) is 1. The Balaban J connectivity index is 2.18. The second kappa shape index (κ2) is 5.43. The summed E-state index contributed by atoms with van der Waals surface area (Å²) in [6.07, 6.45) is 0.598. The fraction of sp³-hybridized carbons (Fsp3) is 0.588. The number of hydrogen-bond donors (Lipinski definition) is 2. The Kier molecular flexibility index (Phi) is 4.13. The lowest BCUT2D eigenvalue weighted by Gasteiger charge is -2.57. The number of carbonyl (C=O) groups excluding carboxylic acids is 1. The lowest BCUT2D eigenvalue weighted by atomic mass is 9.54. The van der Waals surface area contributed by atoms with Gasteiger partial charge in [0.15, 0.2) is 0 Å². The number of amides is 1. The number of rotatable bonds is 4. The van der Waals surface area contributed by atoms with Gasteiger partial charge in [0, 0.05) is 24.1 Å². The zero-order valence-corrected chi connectivity index (χ0v) is 13.6. The summed E-state index contributed by atoms with van der Waals surface area (Å²) >= 11 is 0. The third kappa shape index (κ3) is 2.47. The van der Waals surface area contributed by atoms with Gasteiger partial charge in [0.25, 0.3) is 0 Å². The van der Waals surface area contributed by atoms with Crippen LogP contribution >= 0.6 is 0 Å². The first kappa shape index (κ1) is 16.0. The maximum absolute atomic E-state index is 12.7. The predicted octanol–water partition coefficient (Wildman–Crippen LogP) is 2.77. The van der Waals surface area contributed by atoms with Crippen molar-refractivity contribution in [1.82, 2.24) is 0 Å². The fourth-order valence-corrected chi connectivity index (χ4v) is 3.06. The molecule has 0 heterocycles. The summed E-state index contributed by atoms with van der Waals surface area (Å²) in [7, 11) is 0. The van der Waals surface area contributed by atoms with Crippen molar-refractivity contribution in [1.29, 1.82) is 0 Å². The van der Waals surface area contributed by atoms with E-state index in [1.807, 2.05) is 52.8 Å². The van der Waals surface area contributed by atoms with E-state index in [9.17, 15) is 4.79 Å². The summed E-state index contributed by atoms with van der Waals surface area (Å²) in [6.45, 7) is 10.6. The van der Waals surface area contributed by atoms with Crippen LogP contribution in [0.25, 0.3) is 0 Å². The maximum Gasteiger partial charge on any atom is 0.245 e. The summed E-state index contributed by atoms with van der Waals surface area (Å²) in [5.74, 6) is -0.124. The second-order valence-electron chi connectivity index (χ2n) is 6.56. The molecule has 4 heteroatoms. The van der Waals surface area contributed by atoms with Gasteiger partial charge in [-0.2, -0.15) is 0 Å². The molecule has 3 N–H and O–H groups in total. The number of anilines is 1. The van der Waals surface area contributed by atoms with Gasteiger partial charge in [0.05, 0.1) is 6.10 Å². The first-order valence-electron chi connectivity index (χ1n) is 7.52. The highest BCUT2D eigenvalue weighted by Gasteiger charge is 2.62. The summed E-state index contributed by atoms with van der Waals surface area (Å²) in [5.41, 5.74) is 8.10. The Hall–Kier alpha value is -1.39. The molecule has 2 rings (SSSR count). The molecule has 0 aliphatic heterocycles. The van der Waals surface area contributed by atoms with Gasteiger partial charge in [-0.25, -0.2) is 0 Å². The topological polar surface area (TPSA) is 64.3 Å². The maximum atomic E-state index is 12.7. The number of carbonyl (C=O) groups is 1. The van der Waals surface area contributed by atoms with Crippen molar-refractivity contribution in [3.05, 3.63) is 29.3 Å². The Morgan fingerprint density at radius 2 is 1.95 bits per heavy atom. The lowest BCUT2D eigenvalue weighted by Crippen LogP contribution is -2.74. The molecule has 116 valence electrons. The quantitative estimate of drug-likeness (QED) is 0.896. The van der Waals surface area contributed by atoms with E-state index in [2.05, 4.69) is 5.32 Å². The van der Waals surface area contributed by atoms with Crippen LogP contribution in [0.5, 0.6) is 0 Å². The molecule has 0 radical (unpaired) electrons. The molecule has 1 amide bonds. The first-order chi connectivity index (χ1) is 9.74. The molecule has 0 bridgehead atoms. The average Bonchev–Trinajstić information content (AvgIpc) is 2.42. The minimum atomic E-state index is -0.887. The fourth-order valence-electron chi connectivity index (χ4n) is 3.06. The number of nitrogens with one attached hydrogen (secondary N) is 1. The first-order valence-corrected chi connectivity index (χ1v) is 7.52. The molecule has 1 aliphatic rings. The van der Waals surface area contributed by atoms with E-state index in [1.165, 1.54) is 0 Å².